The largest absolute Gasteiger partial charge is 0.490 e. The molecule has 0 saturated carbocycles. The van der Waals surface area contributed by atoms with Crippen molar-refractivity contribution in [2.75, 3.05) is 39.4 Å². The van der Waals surface area contributed by atoms with Crippen molar-refractivity contribution in [1.82, 2.24) is 9.21 Å². The first-order valence-corrected chi connectivity index (χ1v) is 11.7. The number of amides is 1. The van der Waals surface area contributed by atoms with Gasteiger partial charge in [-0.25, -0.2) is 12.8 Å². The molecular weight excluding hydrogens is 479 g/mol. The van der Waals surface area contributed by atoms with Crippen LogP contribution in [0.25, 0.3) is 0 Å². The molecule has 2 aliphatic rings. The van der Waals surface area contributed by atoms with Crippen LogP contribution in [-0.4, -0.2) is 62.9 Å². The topological polar surface area (TPSA) is 76.2 Å². The van der Waals surface area contributed by atoms with Crippen molar-refractivity contribution in [2.45, 2.75) is 11.3 Å². The molecule has 0 unspecified atom stereocenters. The van der Waals surface area contributed by atoms with E-state index in [1.54, 1.807) is 12.1 Å². The lowest BCUT2D eigenvalue weighted by molar-refractivity contribution is 0.0693. The van der Waals surface area contributed by atoms with Gasteiger partial charge in [-0.1, -0.05) is 15.9 Å². The third kappa shape index (κ3) is 4.17. The predicted octanol–water partition coefficient (Wildman–Crippen LogP) is 2.90. The molecule has 0 atom stereocenters. The zero-order valence-electron chi connectivity index (χ0n) is 16.0. The second-order valence-electron chi connectivity index (χ2n) is 6.98. The molecule has 0 spiro atoms. The van der Waals surface area contributed by atoms with E-state index in [9.17, 15) is 17.6 Å². The molecule has 0 bridgehead atoms. The van der Waals surface area contributed by atoms with E-state index in [2.05, 4.69) is 15.9 Å². The standard InChI is InChI=1S/C20H20BrFN2O5S/c21-14-2-4-16(17(22)12-14)20(25)23-6-8-24(9-7-23)30(26,27)15-3-5-18-19(13-15)29-11-1-10-28-18/h2-5,12-13H,1,6-11H2. The highest BCUT2D eigenvalue weighted by molar-refractivity contribution is 9.10. The van der Waals surface area contributed by atoms with Gasteiger partial charge in [0.15, 0.2) is 11.5 Å². The molecule has 0 N–H and O–H groups in total. The normalized spacial score (nSPS) is 17.5. The van der Waals surface area contributed by atoms with E-state index < -0.39 is 21.7 Å². The number of carbonyl (C=O) groups excluding carboxylic acids is 1. The fourth-order valence-corrected chi connectivity index (χ4v) is 5.19. The Hall–Kier alpha value is -2.17. The van der Waals surface area contributed by atoms with Gasteiger partial charge in [-0.2, -0.15) is 4.31 Å². The van der Waals surface area contributed by atoms with Gasteiger partial charge in [0.05, 0.1) is 23.7 Å². The van der Waals surface area contributed by atoms with Gasteiger partial charge in [-0.05, 0) is 30.3 Å². The van der Waals surface area contributed by atoms with Crippen LogP contribution < -0.4 is 9.47 Å². The van der Waals surface area contributed by atoms with E-state index in [-0.39, 0.29) is 36.6 Å². The van der Waals surface area contributed by atoms with E-state index in [0.29, 0.717) is 29.2 Å². The van der Waals surface area contributed by atoms with Crippen molar-refractivity contribution in [3.05, 3.63) is 52.3 Å². The molecule has 1 amide bonds. The van der Waals surface area contributed by atoms with Crippen LogP contribution in [0, 0.1) is 5.82 Å². The first-order valence-electron chi connectivity index (χ1n) is 9.50. The molecule has 1 saturated heterocycles. The fourth-order valence-electron chi connectivity index (χ4n) is 3.42. The minimum Gasteiger partial charge on any atom is -0.490 e. The van der Waals surface area contributed by atoms with Crippen LogP contribution in [0.15, 0.2) is 45.8 Å². The average Bonchev–Trinajstić information content (AvgIpc) is 2.98. The Labute approximate surface area is 182 Å². The summed E-state index contributed by atoms with van der Waals surface area (Å²) in [6.45, 7) is 1.59. The Morgan fingerprint density at radius 2 is 1.67 bits per heavy atom. The van der Waals surface area contributed by atoms with Crippen molar-refractivity contribution < 1.29 is 27.1 Å². The van der Waals surface area contributed by atoms with Gasteiger partial charge in [-0.15, -0.1) is 0 Å². The molecule has 7 nitrogen and oxygen atoms in total. The summed E-state index contributed by atoms with van der Waals surface area (Å²) in [6.07, 6.45) is 0.728. The van der Waals surface area contributed by atoms with Crippen molar-refractivity contribution in [3.63, 3.8) is 0 Å². The van der Waals surface area contributed by atoms with Crippen LogP contribution in [0.1, 0.15) is 16.8 Å². The second-order valence-corrected chi connectivity index (χ2v) is 9.83. The summed E-state index contributed by atoms with van der Waals surface area (Å²) in [5.74, 6) is -0.129. The summed E-state index contributed by atoms with van der Waals surface area (Å²) in [6, 6.07) is 8.83. The highest BCUT2D eigenvalue weighted by Crippen LogP contribution is 2.33. The second kappa shape index (κ2) is 8.52. The Kier molecular flexibility index (Phi) is 5.99. The predicted molar refractivity (Wildman–Crippen MR) is 111 cm³/mol. The van der Waals surface area contributed by atoms with Crippen LogP contribution in [0.3, 0.4) is 0 Å². The van der Waals surface area contributed by atoms with Gasteiger partial charge in [0.25, 0.3) is 5.91 Å². The number of sulfonamides is 1. The molecule has 2 heterocycles. The summed E-state index contributed by atoms with van der Waals surface area (Å²) < 4.78 is 53.2. The number of hydrogen-bond donors (Lipinski definition) is 0. The van der Waals surface area contributed by atoms with Crippen LogP contribution in [0.5, 0.6) is 11.5 Å². The number of carbonyl (C=O) groups is 1. The van der Waals surface area contributed by atoms with Crippen molar-refractivity contribution in [3.8, 4) is 11.5 Å². The Bertz CT molecular complexity index is 1070. The fraction of sp³-hybridized carbons (Fsp3) is 0.350. The quantitative estimate of drug-likeness (QED) is 0.650. The van der Waals surface area contributed by atoms with Crippen LogP contribution in [0.2, 0.25) is 0 Å². The van der Waals surface area contributed by atoms with Gasteiger partial charge in [0, 0.05) is 43.1 Å². The molecule has 0 aliphatic carbocycles. The van der Waals surface area contributed by atoms with Crippen molar-refractivity contribution in [1.29, 1.82) is 0 Å². The number of nitrogens with zero attached hydrogens (tertiary/aromatic N) is 2. The lowest BCUT2D eigenvalue weighted by Gasteiger charge is -2.34. The van der Waals surface area contributed by atoms with Gasteiger partial charge in [-0.3, -0.25) is 4.79 Å². The number of benzene rings is 2. The third-order valence-corrected chi connectivity index (χ3v) is 7.43. The highest BCUT2D eigenvalue weighted by Gasteiger charge is 2.32. The number of hydrogen-bond acceptors (Lipinski definition) is 5. The summed E-state index contributed by atoms with van der Waals surface area (Å²) in [4.78, 5) is 14.2. The molecule has 10 heteroatoms. The first-order chi connectivity index (χ1) is 14.4. The summed E-state index contributed by atoms with van der Waals surface area (Å²) in [7, 11) is -3.76. The summed E-state index contributed by atoms with van der Waals surface area (Å²) in [5, 5.41) is 0. The van der Waals surface area contributed by atoms with E-state index in [1.165, 1.54) is 33.5 Å². The first kappa shape index (κ1) is 21.1. The van der Waals surface area contributed by atoms with Gasteiger partial charge in [0.2, 0.25) is 10.0 Å². The van der Waals surface area contributed by atoms with Crippen molar-refractivity contribution in [2.24, 2.45) is 0 Å². The van der Waals surface area contributed by atoms with E-state index in [1.807, 2.05) is 0 Å². The average molecular weight is 499 g/mol. The maximum atomic E-state index is 14.1. The maximum Gasteiger partial charge on any atom is 0.256 e. The number of ether oxygens (including phenoxy) is 2. The summed E-state index contributed by atoms with van der Waals surface area (Å²) >= 11 is 3.17. The molecule has 160 valence electrons. The van der Waals surface area contributed by atoms with Crippen LogP contribution in [-0.2, 0) is 10.0 Å². The zero-order valence-corrected chi connectivity index (χ0v) is 18.4. The SMILES string of the molecule is O=C(c1ccc(Br)cc1F)N1CCN(S(=O)(=O)c2ccc3c(c2)OCCCO3)CC1. The highest BCUT2D eigenvalue weighted by atomic mass is 79.9. The Balaban J connectivity index is 1.47. The molecule has 2 aromatic rings. The molecule has 2 aromatic carbocycles. The lowest BCUT2D eigenvalue weighted by Crippen LogP contribution is -2.50. The van der Waals surface area contributed by atoms with Crippen LogP contribution >= 0.6 is 15.9 Å². The van der Waals surface area contributed by atoms with E-state index >= 15 is 0 Å². The smallest absolute Gasteiger partial charge is 0.256 e. The Morgan fingerprint density at radius 3 is 2.37 bits per heavy atom. The van der Waals surface area contributed by atoms with Gasteiger partial charge >= 0.3 is 0 Å². The number of halogens is 2. The third-order valence-electron chi connectivity index (χ3n) is 5.04. The molecule has 0 radical (unpaired) electrons. The van der Waals surface area contributed by atoms with Crippen LogP contribution in [0.4, 0.5) is 4.39 Å². The number of fused-ring (bicyclic) bond motifs is 1. The monoisotopic (exact) mass is 498 g/mol. The molecule has 30 heavy (non-hydrogen) atoms. The van der Waals surface area contributed by atoms with E-state index in [0.717, 1.165) is 6.42 Å². The molecular formula is C20H20BrFN2O5S. The molecule has 1 fully saturated rings. The minimum absolute atomic E-state index is 0.0302. The zero-order chi connectivity index (χ0) is 21.3. The number of piperazine rings is 1. The van der Waals surface area contributed by atoms with Gasteiger partial charge < -0.3 is 14.4 Å². The number of rotatable bonds is 3. The molecule has 2 aliphatic heterocycles. The summed E-state index contributed by atoms with van der Waals surface area (Å²) in [5.41, 5.74) is -0.0302. The molecule has 0 aromatic heterocycles. The van der Waals surface area contributed by atoms with Gasteiger partial charge in [0.1, 0.15) is 5.82 Å². The lowest BCUT2D eigenvalue weighted by atomic mass is 10.1. The van der Waals surface area contributed by atoms with Crippen molar-refractivity contribution >= 4 is 31.9 Å². The van der Waals surface area contributed by atoms with E-state index in [4.69, 9.17) is 9.47 Å². The maximum absolute atomic E-state index is 14.1. The minimum atomic E-state index is -3.76. The molecule has 4 rings (SSSR count). The Morgan fingerprint density at radius 1 is 0.967 bits per heavy atom.